The molecule has 0 unspecified atom stereocenters. The lowest BCUT2D eigenvalue weighted by atomic mass is 10.1. The molecular formula is C26H21N5O4S. The molecule has 3 heterocycles. The number of nitrogens with one attached hydrogen (secondary N) is 2. The van der Waals surface area contributed by atoms with E-state index in [9.17, 15) is 14.4 Å². The van der Waals surface area contributed by atoms with Crippen LogP contribution >= 0.6 is 11.3 Å². The van der Waals surface area contributed by atoms with Crippen LogP contribution in [-0.2, 0) is 11.3 Å². The first-order valence-corrected chi connectivity index (χ1v) is 11.9. The molecule has 0 aliphatic heterocycles. The summed E-state index contributed by atoms with van der Waals surface area (Å²) >= 11 is 1.27. The number of Topliss-reactive ketones (excluding diaryl/α,β-unsaturated/α-hetero) is 1. The van der Waals surface area contributed by atoms with Gasteiger partial charge >= 0.3 is 0 Å². The van der Waals surface area contributed by atoms with Crippen LogP contribution in [0, 0.1) is 6.92 Å². The van der Waals surface area contributed by atoms with Gasteiger partial charge in [0.05, 0.1) is 40.1 Å². The number of hydrogen-bond donors (Lipinski definition) is 2. The zero-order valence-corrected chi connectivity index (χ0v) is 20.0. The number of anilines is 2. The van der Waals surface area contributed by atoms with Crippen molar-refractivity contribution in [1.82, 2.24) is 14.5 Å². The van der Waals surface area contributed by atoms with E-state index in [1.165, 1.54) is 11.3 Å². The molecule has 2 N–H and O–H groups in total. The highest BCUT2D eigenvalue weighted by Gasteiger charge is 2.17. The maximum Gasteiger partial charge on any atom is 0.268 e. The van der Waals surface area contributed by atoms with Crippen molar-refractivity contribution in [3.63, 3.8) is 0 Å². The molecule has 10 heteroatoms. The number of thiophene rings is 1. The number of oxazole rings is 1. The molecule has 0 saturated heterocycles. The lowest BCUT2D eigenvalue weighted by Gasteiger charge is -2.07. The standard InChI is InChI=1S/C26H21N5O4S/c1-16-27-15-22(35-16)23-9-10-24(36-23)25(34)30-26-29-19-13-18(7-8-20(19)31(26)11-12-32)28-14-21(33)17-5-3-2-4-6-17/h2-10,12-13,15,28H,11,14H2,1H3,(H,29,30,34). The first-order chi connectivity index (χ1) is 17.5. The number of aromatic nitrogens is 3. The van der Waals surface area contributed by atoms with Gasteiger partial charge in [-0.1, -0.05) is 30.3 Å². The van der Waals surface area contributed by atoms with Crippen molar-refractivity contribution in [3.05, 3.63) is 83.2 Å². The molecule has 0 radical (unpaired) electrons. The van der Waals surface area contributed by atoms with Crippen LogP contribution < -0.4 is 10.6 Å². The van der Waals surface area contributed by atoms with Crippen molar-refractivity contribution in [1.29, 1.82) is 0 Å². The van der Waals surface area contributed by atoms with E-state index >= 15 is 0 Å². The lowest BCUT2D eigenvalue weighted by Crippen LogP contribution is -2.15. The molecule has 36 heavy (non-hydrogen) atoms. The summed E-state index contributed by atoms with van der Waals surface area (Å²) in [5, 5.41) is 5.92. The summed E-state index contributed by atoms with van der Waals surface area (Å²) < 4.78 is 7.16. The van der Waals surface area contributed by atoms with Gasteiger partial charge in [-0.2, -0.15) is 0 Å². The van der Waals surface area contributed by atoms with Gasteiger partial charge in [0, 0.05) is 18.2 Å². The van der Waals surface area contributed by atoms with Gasteiger partial charge in [-0.25, -0.2) is 9.97 Å². The van der Waals surface area contributed by atoms with Crippen LogP contribution in [0.3, 0.4) is 0 Å². The van der Waals surface area contributed by atoms with E-state index in [-0.39, 0.29) is 30.7 Å². The van der Waals surface area contributed by atoms with Crippen molar-refractivity contribution >= 4 is 52.0 Å². The van der Waals surface area contributed by atoms with E-state index in [0.717, 1.165) is 11.2 Å². The fourth-order valence-electron chi connectivity index (χ4n) is 3.73. The second-order valence-electron chi connectivity index (χ2n) is 7.92. The monoisotopic (exact) mass is 499 g/mol. The lowest BCUT2D eigenvalue weighted by molar-refractivity contribution is -0.108. The van der Waals surface area contributed by atoms with E-state index < -0.39 is 0 Å². The van der Waals surface area contributed by atoms with Gasteiger partial charge in [-0.15, -0.1) is 11.3 Å². The van der Waals surface area contributed by atoms with Gasteiger partial charge in [-0.3, -0.25) is 14.9 Å². The molecule has 0 spiro atoms. The predicted octanol–water partition coefficient (Wildman–Crippen LogP) is 4.81. The summed E-state index contributed by atoms with van der Waals surface area (Å²) in [5.41, 5.74) is 2.59. The van der Waals surface area contributed by atoms with Gasteiger partial charge < -0.3 is 19.1 Å². The van der Waals surface area contributed by atoms with E-state index in [1.807, 2.05) is 18.2 Å². The number of rotatable bonds is 9. The zero-order valence-electron chi connectivity index (χ0n) is 19.2. The Morgan fingerprint density at radius 3 is 2.69 bits per heavy atom. The van der Waals surface area contributed by atoms with Crippen molar-refractivity contribution in [2.75, 3.05) is 17.2 Å². The molecule has 180 valence electrons. The van der Waals surface area contributed by atoms with Crippen LogP contribution in [0.15, 0.2) is 71.3 Å². The third kappa shape index (κ3) is 4.80. The van der Waals surface area contributed by atoms with Crippen LogP contribution in [0.25, 0.3) is 21.7 Å². The summed E-state index contributed by atoms with van der Waals surface area (Å²) in [6.45, 7) is 1.91. The maximum atomic E-state index is 12.9. The minimum atomic E-state index is -0.350. The number of ketones is 1. The number of nitrogens with zero attached hydrogens (tertiary/aromatic N) is 3. The molecule has 5 rings (SSSR count). The highest BCUT2D eigenvalue weighted by molar-refractivity contribution is 7.17. The number of aryl methyl sites for hydroxylation is 1. The Balaban J connectivity index is 1.34. The third-order valence-electron chi connectivity index (χ3n) is 5.47. The highest BCUT2D eigenvalue weighted by Crippen LogP contribution is 2.30. The summed E-state index contributed by atoms with van der Waals surface area (Å²) in [7, 11) is 0. The molecular weight excluding hydrogens is 478 g/mol. The zero-order chi connectivity index (χ0) is 25.1. The maximum absolute atomic E-state index is 12.9. The summed E-state index contributed by atoms with van der Waals surface area (Å²) in [6, 6.07) is 17.9. The Labute approximate surface area is 209 Å². The van der Waals surface area contributed by atoms with Crippen LogP contribution in [0.1, 0.15) is 25.9 Å². The first kappa shape index (κ1) is 23.2. The summed E-state index contributed by atoms with van der Waals surface area (Å²) in [5.74, 6) is 1.01. The van der Waals surface area contributed by atoms with Crippen LogP contribution in [-0.4, -0.2) is 39.1 Å². The smallest absolute Gasteiger partial charge is 0.268 e. The molecule has 2 aromatic carbocycles. The third-order valence-corrected chi connectivity index (χ3v) is 6.57. The second-order valence-corrected chi connectivity index (χ2v) is 9.00. The van der Waals surface area contributed by atoms with E-state index in [0.29, 0.717) is 38.8 Å². The number of imidazole rings is 1. The highest BCUT2D eigenvalue weighted by atomic mass is 32.1. The largest absolute Gasteiger partial charge is 0.440 e. The van der Waals surface area contributed by atoms with E-state index in [2.05, 4.69) is 20.6 Å². The van der Waals surface area contributed by atoms with Crippen LogP contribution in [0.5, 0.6) is 0 Å². The Morgan fingerprint density at radius 2 is 1.94 bits per heavy atom. The van der Waals surface area contributed by atoms with Gasteiger partial charge in [0.25, 0.3) is 5.91 Å². The molecule has 5 aromatic rings. The molecule has 9 nitrogen and oxygen atoms in total. The van der Waals surface area contributed by atoms with Gasteiger partial charge in [0.15, 0.2) is 17.4 Å². The Hall–Kier alpha value is -4.57. The molecule has 0 saturated carbocycles. The predicted molar refractivity (Wildman–Crippen MR) is 138 cm³/mol. The number of carbonyl (C=O) groups is 3. The minimum Gasteiger partial charge on any atom is -0.440 e. The van der Waals surface area contributed by atoms with Crippen LogP contribution in [0.4, 0.5) is 11.6 Å². The number of fused-ring (bicyclic) bond motifs is 1. The molecule has 1 amide bonds. The van der Waals surface area contributed by atoms with Crippen molar-refractivity contribution in [2.45, 2.75) is 13.5 Å². The van der Waals surface area contributed by atoms with Gasteiger partial charge in [-0.05, 0) is 30.3 Å². The number of aldehydes is 1. The van der Waals surface area contributed by atoms with Crippen molar-refractivity contribution in [3.8, 4) is 10.6 Å². The summed E-state index contributed by atoms with van der Waals surface area (Å²) in [6.07, 6.45) is 2.36. The average molecular weight is 500 g/mol. The Bertz CT molecular complexity index is 1570. The molecule has 0 fully saturated rings. The van der Waals surface area contributed by atoms with E-state index in [4.69, 9.17) is 4.42 Å². The minimum absolute atomic E-state index is 0.0262. The SMILES string of the molecule is Cc1ncc(-c2ccc(C(=O)Nc3nc4cc(NCC(=O)c5ccccc5)ccc4n3CC=O)s2)o1. The Morgan fingerprint density at radius 1 is 1.11 bits per heavy atom. The van der Waals surface area contributed by atoms with Gasteiger partial charge in [0.1, 0.15) is 6.29 Å². The van der Waals surface area contributed by atoms with Crippen molar-refractivity contribution < 1.29 is 18.8 Å². The quantitative estimate of drug-likeness (QED) is 0.221. The fourth-order valence-corrected chi connectivity index (χ4v) is 4.58. The fraction of sp³-hybridized carbons (Fsp3) is 0.115. The second kappa shape index (κ2) is 9.96. The molecule has 3 aromatic heterocycles. The number of benzene rings is 2. The number of amides is 1. The first-order valence-electron chi connectivity index (χ1n) is 11.1. The van der Waals surface area contributed by atoms with Gasteiger partial charge in [0.2, 0.25) is 5.95 Å². The number of carbonyl (C=O) groups excluding carboxylic acids is 3. The van der Waals surface area contributed by atoms with E-state index in [1.54, 1.807) is 60.2 Å². The molecule has 0 aliphatic carbocycles. The molecule has 0 bridgehead atoms. The Kier molecular flexibility index (Phi) is 6.42. The molecule has 0 atom stereocenters. The average Bonchev–Trinajstić information content (AvgIpc) is 3.62. The topological polar surface area (TPSA) is 119 Å². The molecule has 0 aliphatic rings. The van der Waals surface area contributed by atoms with Crippen LogP contribution in [0.2, 0.25) is 0 Å². The summed E-state index contributed by atoms with van der Waals surface area (Å²) in [4.78, 5) is 46.5. The van der Waals surface area contributed by atoms with Crippen molar-refractivity contribution in [2.24, 2.45) is 0 Å². The number of hydrogen-bond acceptors (Lipinski definition) is 8. The normalized spacial score (nSPS) is 10.9.